The summed E-state index contributed by atoms with van der Waals surface area (Å²) >= 11 is 0. The van der Waals surface area contributed by atoms with Gasteiger partial charge in [0, 0.05) is 7.11 Å². The Balaban J connectivity index is 2.09. The van der Waals surface area contributed by atoms with Crippen molar-refractivity contribution in [1.82, 2.24) is 5.32 Å². The minimum atomic E-state index is -0.606. The van der Waals surface area contributed by atoms with Crippen LogP contribution in [0.2, 0.25) is 0 Å². The van der Waals surface area contributed by atoms with Crippen LogP contribution in [-0.2, 0) is 23.8 Å². The van der Waals surface area contributed by atoms with Crippen molar-refractivity contribution in [2.75, 3.05) is 33.5 Å². The Labute approximate surface area is 118 Å². The summed E-state index contributed by atoms with van der Waals surface area (Å²) in [6, 6.07) is -0.0612. The van der Waals surface area contributed by atoms with E-state index in [4.69, 9.17) is 14.2 Å². The zero-order chi connectivity index (χ0) is 14.4. The molecule has 1 unspecified atom stereocenters. The lowest BCUT2D eigenvalue weighted by molar-refractivity contribution is -0.141. The minimum Gasteiger partial charge on any atom is -0.487 e. The lowest BCUT2D eigenvalue weighted by Gasteiger charge is -2.17. The standard InChI is InChI=1S/C14H21NO5/c1-18-7-8-19-14(17)12-11(16)9-20-13(12)10-5-3-2-4-6-15-10/h10,15H,2-9H2,1H3. The first-order chi connectivity index (χ1) is 9.74. The minimum absolute atomic E-state index is 0.0612. The van der Waals surface area contributed by atoms with E-state index in [-0.39, 0.29) is 30.6 Å². The Hall–Kier alpha value is -1.40. The largest absolute Gasteiger partial charge is 0.487 e. The first-order valence-electron chi connectivity index (χ1n) is 7.03. The summed E-state index contributed by atoms with van der Waals surface area (Å²) in [5.74, 6) is -0.446. The number of nitrogens with one attached hydrogen (secondary N) is 1. The maximum atomic E-state index is 12.0. The van der Waals surface area contributed by atoms with Crippen molar-refractivity contribution < 1.29 is 23.8 Å². The average molecular weight is 283 g/mol. The highest BCUT2D eigenvalue weighted by molar-refractivity contribution is 6.19. The molecule has 1 N–H and O–H groups in total. The second-order valence-electron chi connectivity index (χ2n) is 4.94. The lowest BCUT2D eigenvalue weighted by atomic mass is 10.0. The van der Waals surface area contributed by atoms with Gasteiger partial charge in [0.15, 0.2) is 6.61 Å². The predicted molar refractivity (Wildman–Crippen MR) is 71.1 cm³/mol. The van der Waals surface area contributed by atoms with Gasteiger partial charge in [-0.15, -0.1) is 0 Å². The average Bonchev–Trinajstić information content (AvgIpc) is 2.66. The van der Waals surface area contributed by atoms with Crippen molar-refractivity contribution in [3.63, 3.8) is 0 Å². The van der Waals surface area contributed by atoms with E-state index in [1.54, 1.807) is 0 Å². The van der Waals surface area contributed by atoms with Gasteiger partial charge in [-0.2, -0.15) is 0 Å². The first kappa shape index (κ1) is 15.0. The van der Waals surface area contributed by atoms with E-state index in [1.165, 1.54) is 7.11 Å². The van der Waals surface area contributed by atoms with Gasteiger partial charge in [0.25, 0.3) is 0 Å². The summed E-state index contributed by atoms with van der Waals surface area (Å²) in [5.41, 5.74) is 0.0699. The molecule has 1 fully saturated rings. The molecule has 1 saturated heterocycles. The van der Waals surface area contributed by atoms with Gasteiger partial charge in [0.05, 0.1) is 12.6 Å². The lowest BCUT2D eigenvalue weighted by Crippen LogP contribution is -2.32. The highest BCUT2D eigenvalue weighted by Crippen LogP contribution is 2.25. The zero-order valence-electron chi connectivity index (χ0n) is 11.8. The molecule has 0 aromatic carbocycles. The number of ether oxygens (including phenoxy) is 3. The van der Waals surface area contributed by atoms with Crippen molar-refractivity contribution in [3.05, 3.63) is 11.3 Å². The summed E-state index contributed by atoms with van der Waals surface area (Å²) in [7, 11) is 1.53. The second-order valence-corrected chi connectivity index (χ2v) is 4.94. The van der Waals surface area contributed by atoms with E-state index < -0.39 is 5.97 Å². The number of rotatable bonds is 5. The van der Waals surface area contributed by atoms with Gasteiger partial charge in [-0.05, 0) is 19.4 Å². The number of ketones is 1. The summed E-state index contributed by atoms with van der Waals surface area (Å²) in [6.45, 7) is 1.25. The van der Waals surface area contributed by atoms with Crippen molar-refractivity contribution in [2.45, 2.75) is 31.7 Å². The van der Waals surface area contributed by atoms with Crippen LogP contribution in [0.3, 0.4) is 0 Å². The van der Waals surface area contributed by atoms with Gasteiger partial charge < -0.3 is 19.5 Å². The Kier molecular flexibility index (Phi) is 5.55. The monoisotopic (exact) mass is 283 g/mol. The zero-order valence-corrected chi connectivity index (χ0v) is 11.8. The first-order valence-corrected chi connectivity index (χ1v) is 7.03. The molecule has 2 rings (SSSR count). The number of carbonyl (C=O) groups is 2. The molecule has 0 aromatic heterocycles. The molecule has 0 radical (unpaired) electrons. The van der Waals surface area contributed by atoms with Crippen LogP contribution < -0.4 is 5.32 Å². The van der Waals surface area contributed by atoms with Gasteiger partial charge in [-0.3, -0.25) is 4.79 Å². The predicted octanol–water partition coefficient (Wildman–Crippen LogP) is 0.562. The summed E-state index contributed by atoms with van der Waals surface area (Å²) < 4.78 is 15.3. The number of esters is 1. The molecule has 0 bridgehead atoms. The van der Waals surface area contributed by atoms with Crippen molar-refractivity contribution in [3.8, 4) is 0 Å². The molecule has 2 aliphatic heterocycles. The van der Waals surface area contributed by atoms with Crippen LogP contribution in [-0.4, -0.2) is 51.3 Å². The molecule has 2 heterocycles. The van der Waals surface area contributed by atoms with Crippen LogP contribution in [0.4, 0.5) is 0 Å². The Morgan fingerprint density at radius 2 is 2.20 bits per heavy atom. The Morgan fingerprint density at radius 1 is 1.35 bits per heavy atom. The molecule has 1 atom stereocenters. The maximum Gasteiger partial charge on any atom is 0.345 e. The molecule has 112 valence electrons. The summed E-state index contributed by atoms with van der Waals surface area (Å²) in [4.78, 5) is 23.9. The topological polar surface area (TPSA) is 73.9 Å². The quantitative estimate of drug-likeness (QED) is 0.451. The number of hydrogen-bond donors (Lipinski definition) is 1. The third-order valence-corrected chi connectivity index (χ3v) is 3.49. The Bertz CT molecular complexity index is 396. The fraction of sp³-hybridized carbons (Fsp3) is 0.714. The smallest absolute Gasteiger partial charge is 0.345 e. The molecule has 0 aromatic rings. The van der Waals surface area contributed by atoms with Crippen molar-refractivity contribution in [2.24, 2.45) is 0 Å². The van der Waals surface area contributed by atoms with E-state index in [1.807, 2.05) is 0 Å². The third kappa shape index (κ3) is 3.58. The molecule has 6 nitrogen and oxygen atoms in total. The van der Waals surface area contributed by atoms with Crippen LogP contribution in [0.25, 0.3) is 0 Å². The summed E-state index contributed by atoms with van der Waals surface area (Å²) in [6.07, 6.45) is 4.19. The fourth-order valence-corrected chi connectivity index (χ4v) is 2.46. The van der Waals surface area contributed by atoms with E-state index in [0.717, 1.165) is 32.2 Å². The van der Waals surface area contributed by atoms with E-state index in [9.17, 15) is 9.59 Å². The molecule has 0 aliphatic carbocycles. The van der Waals surface area contributed by atoms with Crippen LogP contribution in [0, 0.1) is 0 Å². The third-order valence-electron chi connectivity index (χ3n) is 3.49. The molecule has 0 spiro atoms. The molecule has 0 amide bonds. The molecule has 6 heteroatoms. The molecule has 2 aliphatic rings. The van der Waals surface area contributed by atoms with Crippen LogP contribution in [0.15, 0.2) is 11.3 Å². The van der Waals surface area contributed by atoms with Crippen LogP contribution in [0.5, 0.6) is 0 Å². The molecule has 0 saturated carbocycles. The fourth-order valence-electron chi connectivity index (χ4n) is 2.46. The SMILES string of the molecule is COCCOC(=O)C1=C(C2CCCCCN2)OCC1=O. The molecular formula is C14H21NO5. The van der Waals surface area contributed by atoms with E-state index in [2.05, 4.69) is 5.32 Å². The normalized spacial score (nSPS) is 23.4. The number of carbonyl (C=O) groups excluding carboxylic acids is 2. The molecule has 20 heavy (non-hydrogen) atoms. The number of methoxy groups -OCH3 is 1. The maximum absolute atomic E-state index is 12.0. The van der Waals surface area contributed by atoms with Gasteiger partial charge in [-0.25, -0.2) is 4.79 Å². The number of Topliss-reactive ketones (excluding diaryl/α,β-unsaturated/α-hetero) is 1. The highest BCUT2D eigenvalue weighted by Gasteiger charge is 2.36. The number of hydrogen-bond acceptors (Lipinski definition) is 6. The van der Waals surface area contributed by atoms with Crippen LogP contribution >= 0.6 is 0 Å². The van der Waals surface area contributed by atoms with E-state index >= 15 is 0 Å². The van der Waals surface area contributed by atoms with Gasteiger partial charge >= 0.3 is 5.97 Å². The van der Waals surface area contributed by atoms with Gasteiger partial charge in [0.1, 0.15) is 17.9 Å². The van der Waals surface area contributed by atoms with Crippen molar-refractivity contribution in [1.29, 1.82) is 0 Å². The van der Waals surface area contributed by atoms with Gasteiger partial charge in [0.2, 0.25) is 5.78 Å². The Morgan fingerprint density at radius 3 is 3.00 bits per heavy atom. The highest BCUT2D eigenvalue weighted by atomic mass is 16.6. The van der Waals surface area contributed by atoms with Crippen molar-refractivity contribution >= 4 is 11.8 Å². The van der Waals surface area contributed by atoms with E-state index in [0.29, 0.717) is 12.4 Å². The van der Waals surface area contributed by atoms with Gasteiger partial charge in [-0.1, -0.05) is 12.8 Å². The summed E-state index contributed by atoms with van der Waals surface area (Å²) in [5, 5.41) is 3.33. The van der Waals surface area contributed by atoms with Crippen LogP contribution in [0.1, 0.15) is 25.7 Å². The second kappa shape index (κ2) is 7.40. The molecular weight excluding hydrogens is 262 g/mol.